The van der Waals surface area contributed by atoms with Crippen molar-refractivity contribution in [3.05, 3.63) is 23.7 Å². The largest absolute Gasteiger partial charge is 0.469 e. The van der Waals surface area contributed by atoms with Gasteiger partial charge >= 0.3 is 0 Å². The summed E-state index contributed by atoms with van der Waals surface area (Å²) in [6, 6.07) is 2.21. The zero-order valence-corrected chi connectivity index (χ0v) is 14.3. The van der Waals surface area contributed by atoms with Gasteiger partial charge in [-0.2, -0.15) is 0 Å². The van der Waals surface area contributed by atoms with Crippen molar-refractivity contribution >= 4 is 0 Å². The topological polar surface area (TPSA) is 25.7 Å². The number of ether oxygens (including phenoxy) is 1. The maximum Gasteiger partial charge on any atom is 0.107 e. The highest BCUT2D eigenvalue weighted by Crippen LogP contribution is 2.75. The Balaban J connectivity index is 1.63. The first kappa shape index (κ1) is 13.7. The first-order valence-corrected chi connectivity index (χ1v) is 9.15. The van der Waals surface area contributed by atoms with Crippen LogP contribution in [-0.4, -0.2) is 11.7 Å². The summed E-state index contributed by atoms with van der Waals surface area (Å²) < 4.78 is 12.4. The molecule has 0 N–H and O–H groups in total. The summed E-state index contributed by atoms with van der Waals surface area (Å²) in [6.45, 7) is 9.87. The molecule has 0 radical (unpaired) electrons. The average molecular weight is 300 g/mol. The van der Waals surface area contributed by atoms with Gasteiger partial charge in [0, 0.05) is 11.8 Å². The Labute approximate surface area is 133 Å². The molecule has 120 valence electrons. The van der Waals surface area contributed by atoms with Crippen LogP contribution < -0.4 is 0 Å². The van der Waals surface area contributed by atoms with Crippen LogP contribution in [0.2, 0.25) is 0 Å². The predicted molar refractivity (Wildman–Crippen MR) is 85.8 cm³/mol. The number of epoxide rings is 1. The lowest BCUT2D eigenvalue weighted by Gasteiger charge is -2.59. The van der Waals surface area contributed by atoms with Crippen LogP contribution >= 0.6 is 0 Å². The Bertz CT molecular complexity index is 629. The molecule has 1 aliphatic heterocycles. The Kier molecular flexibility index (Phi) is 2.38. The van der Waals surface area contributed by atoms with Crippen molar-refractivity contribution in [2.75, 3.05) is 0 Å². The minimum atomic E-state index is 0.142. The van der Waals surface area contributed by atoms with Crippen LogP contribution in [0.3, 0.4) is 0 Å². The first-order valence-electron chi connectivity index (χ1n) is 9.15. The van der Waals surface area contributed by atoms with Crippen LogP contribution in [0, 0.1) is 22.7 Å². The van der Waals surface area contributed by atoms with Crippen molar-refractivity contribution in [3.63, 3.8) is 0 Å². The molecule has 0 aromatic carbocycles. The van der Waals surface area contributed by atoms with E-state index < -0.39 is 0 Å². The highest BCUT2D eigenvalue weighted by molar-refractivity contribution is 5.33. The molecule has 0 bridgehead atoms. The van der Waals surface area contributed by atoms with Crippen LogP contribution in [0.5, 0.6) is 0 Å². The number of hydrogen-bond donors (Lipinski definition) is 0. The molecule has 2 saturated carbocycles. The molecule has 4 aliphatic rings. The second-order valence-electron chi connectivity index (χ2n) is 9.30. The first-order chi connectivity index (χ1) is 10.4. The second-order valence-corrected chi connectivity index (χ2v) is 9.30. The van der Waals surface area contributed by atoms with E-state index >= 15 is 0 Å². The van der Waals surface area contributed by atoms with Gasteiger partial charge in [0.15, 0.2) is 0 Å². The maximum absolute atomic E-state index is 6.57. The molecule has 2 heterocycles. The van der Waals surface area contributed by atoms with Gasteiger partial charge in [-0.05, 0) is 54.1 Å². The predicted octanol–water partition coefficient (Wildman–Crippen LogP) is 4.93. The Morgan fingerprint density at radius 1 is 1.18 bits per heavy atom. The van der Waals surface area contributed by atoms with E-state index in [4.69, 9.17) is 9.15 Å². The van der Waals surface area contributed by atoms with Gasteiger partial charge in [0.25, 0.3) is 0 Å². The second kappa shape index (κ2) is 3.83. The number of fused-ring (bicyclic) bond motifs is 3. The summed E-state index contributed by atoms with van der Waals surface area (Å²) >= 11 is 0. The molecule has 1 aromatic rings. The summed E-state index contributed by atoms with van der Waals surface area (Å²) in [4.78, 5) is 0. The van der Waals surface area contributed by atoms with Gasteiger partial charge in [0.05, 0.1) is 12.4 Å². The van der Waals surface area contributed by atoms with Crippen LogP contribution in [0.15, 0.2) is 16.7 Å². The summed E-state index contributed by atoms with van der Waals surface area (Å²) in [5.74, 6) is 3.37. The average Bonchev–Trinajstić information content (AvgIpc) is 3.02. The minimum absolute atomic E-state index is 0.142. The Hall–Kier alpha value is -0.760. The normalized spacial score (nSPS) is 51.3. The number of hydrogen-bond acceptors (Lipinski definition) is 2. The zero-order chi connectivity index (χ0) is 15.3. The van der Waals surface area contributed by atoms with Gasteiger partial charge in [-0.15, -0.1) is 0 Å². The van der Waals surface area contributed by atoms with Crippen LogP contribution in [0.4, 0.5) is 0 Å². The molecule has 0 amide bonds. The van der Waals surface area contributed by atoms with Gasteiger partial charge in [0.1, 0.15) is 11.4 Å². The molecule has 1 aromatic heterocycles. The third-order valence-electron chi connectivity index (χ3n) is 8.22. The quantitative estimate of drug-likeness (QED) is 0.635. The van der Waals surface area contributed by atoms with E-state index in [1.807, 2.05) is 6.26 Å². The molecule has 2 heteroatoms. The van der Waals surface area contributed by atoms with Crippen molar-refractivity contribution < 1.29 is 9.15 Å². The lowest BCUT2D eigenvalue weighted by molar-refractivity contribution is -0.0980. The van der Waals surface area contributed by atoms with E-state index in [0.717, 1.165) is 18.3 Å². The number of furan rings is 1. The standard InChI is InChI=1S/C20H28O2/c1-12-13-6-9-21-16(13)11-15-14(12)10-17-20(22-17)18(2,3)7-5-8-19(15,20)4/h6,9,12,14-15,17H,5,7-8,10-11H2,1-4H3/t12-,14-,15-,17-,19+,20+/m0/s1. The van der Waals surface area contributed by atoms with Crippen molar-refractivity contribution in [2.45, 2.75) is 77.4 Å². The molecule has 5 rings (SSSR count). The number of rotatable bonds is 0. The summed E-state index contributed by atoms with van der Waals surface area (Å²) in [7, 11) is 0. The summed E-state index contributed by atoms with van der Waals surface area (Å²) in [6.07, 6.45) is 8.79. The minimum Gasteiger partial charge on any atom is -0.469 e. The van der Waals surface area contributed by atoms with Gasteiger partial charge in [0.2, 0.25) is 0 Å². The van der Waals surface area contributed by atoms with Gasteiger partial charge in [-0.25, -0.2) is 0 Å². The van der Waals surface area contributed by atoms with Crippen molar-refractivity contribution in [1.82, 2.24) is 0 Å². The van der Waals surface area contributed by atoms with E-state index in [1.165, 1.54) is 37.0 Å². The molecule has 6 atom stereocenters. The fourth-order valence-corrected chi connectivity index (χ4v) is 7.17. The third-order valence-corrected chi connectivity index (χ3v) is 8.22. The summed E-state index contributed by atoms with van der Waals surface area (Å²) in [5, 5.41) is 0. The van der Waals surface area contributed by atoms with Crippen molar-refractivity contribution in [1.29, 1.82) is 0 Å². The van der Waals surface area contributed by atoms with Crippen LogP contribution in [0.1, 0.15) is 70.6 Å². The Morgan fingerprint density at radius 2 is 2.00 bits per heavy atom. The SMILES string of the molecule is C[C@H]1c2ccoc2C[C@H]2[C@H]1C[C@@H]1O[C@@]13C(C)(C)CCC[C@]23C. The fraction of sp³-hybridized carbons (Fsp3) is 0.800. The summed E-state index contributed by atoms with van der Waals surface area (Å²) in [5.41, 5.74) is 2.25. The van der Waals surface area contributed by atoms with Gasteiger partial charge < -0.3 is 9.15 Å². The smallest absolute Gasteiger partial charge is 0.107 e. The lowest BCUT2D eigenvalue weighted by atomic mass is 9.43. The van der Waals surface area contributed by atoms with Crippen molar-refractivity contribution in [2.24, 2.45) is 22.7 Å². The zero-order valence-electron chi connectivity index (χ0n) is 14.3. The van der Waals surface area contributed by atoms with E-state index in [0.29, 0.717) is 22.9 Å². The maximum atomic E-state index is 6.57. The molecule has 22 heavy (non-hydrogen) atoms. The van der Waals surface area contributed by atoms with E-state index in [2.05, 4.69) is 33.8 Å². The Morgan fingerprint density at radius 3 is 2.82 bits per heavy atom. The molecule has 2 nitrogen and oxygen atoms in total. The molecular weight excluding hydrogens is 272 g/mol. The fourth-order valence-electron chi connectivity index (χ4n) is 7.17. The molecule has 1 saturated heterocycles. The molecule has 3 fully saturated rings. The van der Waals surface area contributed by atoms with Crippen LogP contribution in [-0.2, 0) is 11.2 Å². The van der Waals surface area contributed by atoms with E-state index in [1.54, 1.807) is 0 Å². The van der Waals surface area contributed by atoms with Crippen LogP contribution in [0.25, 0.3) is 0 Å². The highest BCUT2D eigenvalue weighted by Gasteiger charge is 2.79. The van der Waals surface area contributed by atoms with Gasteiger partial charge in [-0.3, -0.25) is 0 Å². The van der Waals surface area contributed by atoms with E-state index in [-0.39, 0.29) is 5.60 Å². The highest BCUT2D eigenvalue weighted by atomic mass is 16.6. The molecule has 1 spiro atoms. The monoisotopic (exact) mass is 300 g/mol. The van der Waals surface area contributed by atoms with E-state index in [9.17, 15) is 0 Å². The molecule has 0 unspecified atom stereocenters. The third kappa shape index (κ3) is 1.30. The molecular formula is C20H28O2. The van der Waals surface area contributed by atoms with Crippen molar-refractivity contribution in [3.8, 4) is 0 Å². The lowest BCUT2D eigenvalue weighted by Crippen LogP contribution is -2.60. The van der Waals surface area contributed by atoms with Gasteiger partial charge in [-0.1, -0.05) is 34.1 Å². The molecule has 3 aliphatic carbocycles.